The summed E-state index contributed by atoms with van der Waals surface area (Å²) in [6.45, 7) is 0.435. The molecule has 1 fully saturated rings. The molecular weight excluding hydrogens is 436 g/mol. The van der Waals surface area contributed by atoms with Gasteiger partial charge in [-0.05, 0) is 41.5 Å². The van der Waals surface area contributed by atoms with Crippen LogP contribution in [0.5, 0.6) is 11.5 Å². The normalized spacial score (nSPS) is 14.3. The van der Waals surface area contributed by atoms with Crippen LogP contribution in [0.4, 0.5) is 0 Å². The lowest BCUT2D eigenvalue weighted by atomic mass is 10.2. The third-order valence-electron chi connectivity index (χ3n) is 3.55. The molecule has 1 aliphatic heterocycles. The van der Waals surface area contributed by atoms with Gasteiger partial charge in [-0.2, -0.15) is 10.1 Å². The van der Waals surface area contributed by atoms with Crippen LogP contribution in [0.3, 0.4) is 0 Å². The summed E-state index contributed by atoms with van der Waals surface area (Å²) in [7, 11) is 1.58. The van der Waals surface area contributed by atoms with Crippen molar-refractivity contribution in [1.29, 1.82) is 0 Å². The predicted octanol–water partition coefficient (Wildman–Crippen LogP) is 4.23. The molecule has 1 saturated heterocycles. The molecule has 0 saturated carbocycles. The molecule has 0 N–H and O–H groups in total. The Hall–Kier alpha value is -1.90. The molecule has 8 heteroatoms. The lowest BCUT2D eigenvalue weighted by Gasteiger charge is -2.12. The van der Waals surface area contributed by atoms with Gasteiger partial charge in [-0.25, -0.2) is 0 Å². The van der Waals surface area contributed by atoms with Gasteiger partial charge in [-0.1, -0.05) is 52.0 Å². The largest absolute Gasteiger partial charge is 0.493 e. The van der Waals surface area contributed by atoms with Crippen LogP contribution >= 0.6 is 39.9 Å². The third-order valence-corrected chi connectivity index (χ3v) is 5.41. The van der Waals surface area contributed by atoms with Gasteiger partial charge in [-0.3, -0.25) is 4.79 Å². The molecule has 1 aliphatic rings. The number of hydrogen-bond acceptors (Lipinski definition) is 6. The maximum atomic E-state index is 11.7. The van der Waals surface area contributed by atoms with Crippen molar-refractivity contribution in [2.24, 2.45) is 5.10 Å². The van der Waals surface area contributed by atoms with E-state index in [0.29, 0.717) is 28.2 Å². The average Bonchev–Trinajstić information content (AvgIpc) is 2.97. The highest BCUT2D eigenvalue weighted by molar-refractivity contribution is 9.10. The number of thioether (sulfide) groups is 1. The molecule has 26 heavy (non-hydrogen) atoms. The van der Waals surface area contributed by atoms with Gasteiger partial charge in [0, 0.05) is 4.47 Å². The first-order valence-corrected chi connectivity index (χ1v) is 9.84. The van der Waals surface area contributed by atoms with Crippen molar-refractivity contribution in [3.05, 3.63) is 58.1 Å². The molecular formula is C18H15BrN2O3S2. The standard InChI is InChI=1S/C18H15BrN2O3S2/c1-23-16-8-13(9-20-21-17(22)11-26-18(21)25)4-7-15(16)24-10-12-2-5-14(19)6-3-12/h2-9H,10-11H2,1H3/b20-9-. The average molecular weight is 451 g/mol. The molecule has 3 rings (SSSR count). The number of hydrogen-bond donors (Lipinski definition) is 0. The van der Waals surface area contributed by atoms with E-state index in [1.807, 2.05) is 36.4 Å². The van der Waals surface area contributed by atoms with Gasteiger partial charge in [0.1, 0.15) is 6.61 Å². The fraction of sp³-hybridized carbons (Fsp3) is 0.167. The van der Waals surface area contributed by atoms with Gasteiger partial charge >= 0.3 is 0 Å². The molecule has 0 aromatic heterocycles. The fourth-order valence-electron chi connectivity index (χ4n) is 2.21. The van der Waals surface area contributed by atoms with Gasteiger partial charge in [0.2, 0.25) is 0 Å². The second kappa shape index (κ2) is 8.66. The maximum Gasteiger partial charge on any atom is 0.259 e. The lowest BCUT2D eigenvalue weighted by molar-refractivity contribution is -0.123. The van der Waals surface area contributed by atoms with Gasteiger partial charge in [0.25, 0.3) is 5.91 Å². The minimum absolute atomic E-state index is 0.113. The van der Waals surface area contributed by atoms with E-state index in [1.54, 1.807) is 19.4 Å². The smallest absolute Gasteiger partial charge is 0.259 e. The molecule has 0 aliphatic carbocycles. The molecule has 1 heterocycles. The minimum Gasteiger partial charge on any atom is -0.493 e. The molecule has 5 nitrogen and oxygen atoms in total. The van der Waals surface area contributed by atoms with Crippen LogP contribution in [0.25, 0.3) is 0 Å². The van der Waals surface area contributed by atoms with Crippen molar-refractivity contribution in [2.45, 2.75) is 6.61 Å². The van der Waals surface area contributed by atoms with Crippen molar-refractivity contribution in [3.8, 4) is 11.5 Å². The zero-order valence-corrected chi connectivity index (χ0v) is 17.1. The van der Waals surface area contributed by atoms with Crippen LogP contribution in [0.15, 0.2) is 52.0 Å². The summed E-state index contributed by atoms with van der Waals surface area (Å²) in [5.41, 5.74) is 1.84. The van der Waals surface area contributed by atoms with Gasteiger partial charge < -0.3 is 9.47 Å². The number of hydrazone groups is 1. The number of thiocarbonyl (C=S) groups is 1. The van der Waals surface area contributed by atoms with Crippen molar-refractivity contribution in [2.75, 3.05) is 12.9 Å². The van der Waals surface area contributed by atoms with E-state index in [2.05, 4.69) is 21.0 Å². The summed E-state index contributed by atoms with van der Waals surface area (Å²) in [6, 6.07) is 13.4. The quantitative estimate of drug-likeness (QED) is 0.486. The molecule has 0 bridgehead atoms. The summed E-state index contributed by atoms with van der Waals surface area (Å²) < 4.78 is 12.7. The first-order chi connectivity index (χ1) is 12.6. The summed E-state index contributed by atoms with van der Waals surface area (Å²) >= 11 is 9.82. The van der Waals surface area contributed by atoms with Crippen LogP contribution in [-0.4, -0.2) is 34.3 Å². The van der Waals surface area contributed by atoms with E-state index >= 15 is 0 Å². The number of nitrogens with zero attached hydrogens (tertiary/aromatic N) is 2. The predicted molar refractivity (Wildman–Crippen MR) is 111 cm³/mol. The minimum atomic E-state index is -0.113. The number of halogens is 1. The number of methoxy groups -OCH3 is 1. The van der Waals surface area contributed by atoms with Crippen molar-refractivity contribution in [3.63, 3.8) is 0 Å². The van der Waals surface area contributed by atoms with Crippen LogP contribution in [0.2, 0.25) is 0 Å². The summed E-state index contributed by atoms with van der Waals surface area (Å²) in [4.78, 5) is 11.7. The number of benzene rings is 2. The molecule has 0 unspecified atom stereocenters. The highest BCUT2D eigenvalue weighted by Gasteiger charge is 2.25. The molecule has 1 amide bonds. The first kappa shape index (κ1) is 18.9. The Morgan fingerprint density at radius 1 is 1.27 bits per heavy atom. The molecule has 0 atom stereocenters. The van der Waals surface area contributed by atoms with Gasteiger partial charge in [-0.15, -0.1) is 0 Å². The molecule has 2 aromatic rings. The zero-order valence-electron chi connectivity index (χ0n) is 13.8. The molecule has 0 spiro atoms. The van der Waals surface area contributed by atoms with E-state index in [-0.39, 0.29) is 5.91 Å². The van der Waals surface area contributed by atoms with Gasteiger partial charge in [0.05, 0.1) is 19.1 Å². The Labute approximate surface area is 169 Å². The van der Waals surface area contributed by atoms with Crippen molar-refractivity contribution >= 4 is 56.4 Å². The summed E-state index contributed by atoms with van der Waals surface area (Å²) in [5.74, 6) is 1.45. The summed E-state index contributed by atoms with van der Waals surface area (Å²) in [5, 5.41) is 5.40. The number of carbonyl (C=O) groups excluding carboxylic acids is 1. The second-order valence-corrected chi connectivity index (χ2v) is 7.85. The van der Waals surface area contributed by atoms with E-state index in [0.717, 1.165) is 15.6 Å². The number of rotatable bonds is 6. The van der Waals surface area contributed by atoms with E-state index < -0.39 is 0 Å². The molecule has 134 valence electrons. The Balaban J connectivity index is 1.70. The van der Waals surface area contributed by atoms with Crippen LogP contribution in [0.1, 0.15) is 11.1 Å². The van der Waals surface area contributed by atoms with Crippen molar-refractivity contribution < 1.29 is 14.3 Å². The Bertz CT molecular complexity index is 840. The van der Waals surface area contributed by atoms with E-state index in [9.17, 15) is 4.79 Å². The Morgan fingerprint density at radius 2 is 2.04 bits per heavy atom. The van der Waals surface area contributed by atoms with Crippen LogP contribution < -0.4 is 9.47 Å². The topological polar surface area (TPSA) is 51.1 Å². The second-order valence-electron chi connectivity index (χ2n) is 5.33. The lowest BCUT2D eigenvalue weighted by Crippen LogP contribution is -2.22. The Kier molecular flexibility index (Phi) is 6.29. The monoisotopic (exact) mass is 450 g/mol. The van der Waals surface area contributed by atoms with Crippen LogP contribution in [0, 0.1) is 0 Å². The highest BCUT2D eigenvalue weighted by atomic mass is 79.9. The summed E-state index contributed by atoms with van der Waals surface area (Å²) in [6.07, 6.45) is 1.58. The Morgan fingerprint density at radius 3 is 2.69 bits per heavy atom. The number of ether oxygens (including phenoxy) is 2. The maximum absolute atomic E-state index is 11.7. The number of carbonyl (C=O) groups is 1. The van der Waals surface area contributed by atoms with E-state index in [1.165, 1.54) is 16.8 Å². The molecule has 2 aromatic carbocycles. The third kappa shape index (κ3) is 4.63. The zero-order chi connectivity index (χ0) is 18.5. The number of amides is 1. The van der Waals surface area contributed by atoms with Crippen molar-refractivity contribution in [1.82, 2.24) is 5.01 Å². The van der Waals surface area contributed by atoms with Crippen LogP contribution in [-0.2, 0) is 11.4 Å². The van der Waals surface area contributed by atoms with E-state index in [4.69, 9.17) is 21.7 Å². The molecule has 0 radical (unpaired) electrons. The fourth-order valence-corrected chi connectivity index (χ4v) is 3.44. The van der Waals surface area contributed by atoms with Gasteiger partial charge in [0.15, 0.2) is 15.8 Å². The SMILES string of the molecule is COc1cc(/C=N\N2C(=O)CSC2=S)ccc1OCc1ccc(Br)cc1. The first-order valence-electron chi connectivity index (χ1n) is 7.66. The highest BCUT2D eigenvalue weighted by Crippen LogP contribution is 2.29.